The van der Waals surface area contributed by atoms with Crippen molar-refractivity contribution in [3.05, 3.63) is 64.9 Å². The Morgan fingerprint density at radius 3 is 2.49 bits per heavy atom. The summed E-state index contributed by atoms with van der Waals surface area (Å²) in [5.74, 6) is 0.387. The van der Waals surface area contributed by atoms with Gasteiger partial charge in [0.25, 0.3) is 0 Å². The molecule has 0 spiro atoms. The number of amides is 1. The first-order valence-electron chi connectivity index (χ1n) is 12.9. The lowest BCUT2D eigenvalue weighted by atomic mass is 9.86. The number of hydrogen-bond donors (Lipinski definition) is 1. The lowest BCUT2D eigenvalue weighted by molar-refractivity contribution is -0.122. The lowest BCUT2D eigenvalue weighted by Crippen LogP contribution is -2.57. The molecule has 2 saturated heterocycles. The van der Waals surface area contributed by atoms with Crippen molar-refractivity contribution in [2.24, 2.45) is 5.92 Å². The van der Waals surface area contributed by atoms with Gasteiger partial charge in [-0.15, -0.1) is 0 Å². The van der Waals surface area contributed by atoms with Crippen LogP contribution in [0.25, 0.3) is 0 Å². The van der Waals surface area contributed by atoms with Crippen LogP contribution in [-0.4, -0.2) is 67.1 Å². The normalized spacial score (nSPS) is 21.9. The van der Waals surface area contributed by atoms with Gasteiger partial charge in [-0.25, -0.2) is 4.39 Å². The number of nitrogens with one attached hydrogen (secondary N) is 1. The smallest absolute Gasteiger partial charge is 0.220 e. The van der Waals surface area contributed by atoms with Crippen LogP contribution in [0.5, 0.6) is 0 Å². The van der Waals surface area contributed by atoms with E-state index in [1.165, 1.54) is 6.07 Å². The molecule has 2 atom stereocenters. The Labute approximate surface area is 214 Å². The Balaban J connectivity index is 1.40. The molecule has 1 N–H and O–H groups in total. The van der Waals surface area contributed by atoms with Gasteiger partial charge in [-0.1, -0.05) is 41.9 Å². The van der Waals surface area contributed by atoms with Crippen LogP contribution >= 0.6 is 11.6 Å². The fourth-order valence-corrected chi connectivity index (χ4v) is 5.78. The van der Waals surface area contributed by atoms with Crippen LogP contribution < -0.4 is 10.2 Å². The van der Waals surface area contributed by atoms with E-state index in [-0.39, 0.29) is 17.8 Å². The summed E-state index contributed by atoms with van der Waals surface area (Å²) < 4.78 is 14.3. The van der Waals surface area contributed by atoms with Crippen LogP contribution in [0.3, 0.4) is 0 Å². The summed E-state index contributed by atoms with van der Waals surface area (Å²) in [6.45, 7) is 10.3. The number of carbonyl (C=O) groups excluding carboxylic acids is 1. The molecule has 2 aromatic carbocycles. The summed E-state index contributed by atoms with van der Waals surface area (Å²) in [4.78, 5) is 19.6. The Kier molecular flexibility index (Phi) is 9.04. The van der Waals surface area contributed by atoms with Crippen molar-refractivity contribution in [2.45, 2.75) is 51.7 Å². The number of nitrogens with zero attached hydrogens (tertiary/aromatic N) is 3. The number of piperidine rings is 1. The molecule has 7 heteroatoms. The molecule has 2 aliphatic heterocycles. The molecular formula is C28H38ClFN4O. The predicted octanol–water partition coefficient (Wildman–Crippen LogP) is 4.80. The lowest BCUT2D eigenvalue weighted by Gasteiger charge is -2.47. The second kappa shape index (κ2) is 12.2. The molecule has 0 unspecified atom stereocenters. The van der Waals surface area contributed by atoms with E-state index < -0.39 is 0 Å². The maximum atomic E-state index is 14.3. The van der Waals surface area contributed by atoms with Crippen molar-refractivity contribution in [3.63, 3.8) is 0 Å². The van der Waals surface area contributed by atoms with Crippen LogP contribution in [0, 0.1) is 11.7 Å². The molecule has 2 fully saturated rings. The highest BCUT2D eigenvalue weighted by molar-refractivity contribution is 6.31. The van der Waals surface area contributed by atoms with Gasteiger partial charge in [-0.3, -0.25) is 14.6 Å². The van der Waals surface area contributed by atoms with Gasteiger partial charge in [0.05, 0.1) is 5.69 Å². The molecule has 5 nitrogen and oxygen atoms in total. The molecule has 2 heterocycles. The minimum absolute atomic E-state index is 0.131. The molecule has 0 bridgehead atoms. The zero-order chi connectivity index (χ0) is 24.8. The molecule has 190 valence electrons. The van der Waals surface area contributed by atoms with E-state index in [4.69, 9.17) is 11.6 Å². The van der Waals surface area contributed by atoms with Gasteiger partial charge in [-0.2, -0.15) is 0 Å². The summed E-state index contributed by atoms with van der Waals surface area (Å²) in [6.07, 6.45) is 2.49. The maximum absolute atomic E-state index is 14.3. The fraction of sp³-hybridized carbons (Fsp3) is 0.536. The van der Waals surface area contributed by atoms with Crippen LogP contribution in [0.1, 0.15) is 38.7 Å². The highest BCUT2D eigenvalue weighted by Gasteiger charge is 2.35. The van der Waals surface area contributed by atoms with E-state index in [9.17, 15) is 9.18 Å². The van der Waals surface area contributed by atoms with Gasteiger partial charge < -0.3 is 10.2 Å². The molecule has 1 amide bonds. The average molecular weight is 501 g/mol. The maximum Gasteiger partial charge on any atom is 0.220 e. The van der Waals surface area contributed by atoms with E-state index in [1.54, 1.807) is 6.07 Å². The quantitative estimate of drug-likeness (QED) is 0.565. The van der Waals surface area contributed by atoms with Gasteiger partial charge in [0.15, 0.2) is 0 Å². The van der Waals surface area contributed by atoms with Gasteiger partial charge in [0, 0.05) is 62.8 Å². The van der Waals surface area contributed by atoms with Crippen molar-refractivity contribution in [1.82, 2.24) is 15.1 Å². The SMILES string of the molecule is CC(C)NC(=O)CC[C@@H]1CN(Cc2ccccc2Cl)CC[C@@H]1N1CCN(c2ccccc2F)CC1. The number of carbonyl (C=O) groups is 1. The van der Waals surface area contributed by atoms with Gasteiger partial charge in [-0.05, 0) is 62.9 Å². The number of halogens is 2. The van der Waals surface area contributed by atoms with Crippen molar-refractivity contribution in [3.8, 4) is 0 Å². The first-order valence-corrected chi connectivity index (χ1v) is 13.3. The number of hydrogen-bond acceptors (Lipinski definition) is 4. The summed E-state index contributed by atoms with van der Waals surface area (Å²) >= 11 is 6.44. The number of para-hydroxylation sites is 1. The summed E-state index contributed by atoms with van der Waals surface area (Å²) in [5.41, 5.74) is 1.85. The standard InChI is InChI=1S/C28H38ClFN4O/c1-21(2)31-28(35)12-11-23-20-32(19-22-7-3-4-8-24(22)29)14-13-26(23)33-15-17-34(18-16-33)27-10-6-5-9-25(27)30/h3-10,21,23,26H,11-20H2,1-2H3,(H,31,35)/t23-,26+/m1/s1. The average Bonchev–Trinajstić information content (AvgIpc) is 2.84. The third kappa shape index (κ3) is 6.96. The molecule has 2 aliphatic rings. The second-order valence-electron chi connectivity index (χ2n) is 10.2. The van der Waals surface area contributed by atoms with E-state index in [2.05, 4.69) is 26.1 Å². The monoisotopic (exact) mass is 500 g/mol. The van der Waals surface area contributed by atoms with Gasteiger partial charge in [0.1, 0.15) is 5.82 Å². The summed E-state index contributed by atoms with van der Waals surface area (Å²) in [6, 6.07) is 15.7. The van der Waals surface area contributed by atoms with Crippen LogP contribution in [-0.2, 0) is 11.3 Å². The molecule has 0 aromatic heterocycles. The van der Waals surface area contributed by atoms with Crippen molar-refractivity contribution >= 4 is 23.2 Å². The molecule has 0 radical (unpaired) electrons. The Morgan fingerprint density at radius 1 is 1.06 bits per heavy atom. The van der Waals surface area contributed by atoms with Gasteiger partial charge >= 0.3 is 0 Å². The minimum Gasteiger partial charge on any atom is -0.367 e. The van der Waals surface area contributed by atoms with E-state index in [0.717, 1.165) is 69.2 Å². The number of likely N-dealkylation sites (tertiary alicyclic amines) is 1. The summed E-state index contributed by atoms with van der Waals surface area (Å²) in [7, 11) is 0. The molecule has 35 heavy (non-hydrogen) atoms. The van der Waals surface area contributed by atoms with E-state index in [0.29, 0.717) is 24.1 Å². The third-order valence-corrected chi connectivity index (χ3v) is 7.67. The van der Waals surface area contributed by atoms with Crippen molar-refractivity contribution in [1.29, 1.82) is 0 Å². The number of anilines is 1. The number of piperazine rings is 1. The van der Waals surface area contributed by atoms with Crippen LogP contribution in [0.15, 0.2) is 48.5 Å². The molecule has 0 saturated carbocycles. The molecule has 0 aliphatic carbocycles. The first-order chi connectivity index (χ1) is 16.9. The van der Waals surface area contributed by atoms with Gasteiger partial charge in [0.2, 0.25) is 5.91 Å². The Bertz CT molecular complexity index is 979. The highest BCUT2D eigenvalue weighted by atomic mass is 35.5. The molecular weight excluding hydrogens is 463 g/mol. The predicted molar refractivity (Wildman–Crippen MR) is 141 cm³/mol. The van der Waals surface area contributed by atoms with Crippen LogP contribution in [0.4, 0.5) is 10.1 Å². The number of rotatable bonds is 8. The Morgan fingerprint density at radius 2 is 1.77 bits per heavy atom. The third-order valence-electron chi connectivity index (χ3n) is 7.30. The van der Waals surface area contributed by atoms with Crippen molar-refractivity contribution < 1.29 is 9.18 Å². The van der Waals surface area contributed by atoms with Crippen molar-refractivity contribution in [2.75, 3.05) is 44.2 Å². The Hall–Kier alpha value is -2.15. The van der Waals surface area contributed by atoms with E-state index >= 15 is 0 Å². The molecule has 2 aromatic rings. The second-order valence-corrected chi connectivity index (χ2v) is 10.6. The highest BCUT2D eigenvalue weighted by Crippen LogP contribution is 2.30. The van der Waals surface area contributed by atoms with E-state index in [1.807, 2.05) is 44.2 Å². The summed E-state index contributed by atoms with van der Waals surface area (Å²) in [5, 5.41) is 3.85. The fourth-order valence-electron chi connectivity index (χ4n) is 5.58. The zero-order valence-electron chi connectivity index (χ0n) is 20.9. The molecule has 4 rings (SSSR count). The number of benzene rings is 2. The van der Waals surface area contributed by atoms with Crippen LogP contribution in [0.2, 0.25) is 5.02 Å². The topological polar surface area (TPSA) is 38.8 Å². The largest absolute Gasteiger partial charge is 0.367 e. The first kappa shape index (κ1) is 25.9. The zero-order valence-corrected chi connectivity index (χ0v) is 21.7. The minimum atomic E-state index is -0.150.